The van der Waals surface area contributed by atoms with Crippen molar-refractivity contribution in [1.82, 2.24) is 10.2 Å². The molecule has 11 heteroatoms. The SMILES string of the molecule is CNC(=O)C(Cc1ccccc1)N(Cc1ccc(Br)cc1)C(=O)CN(c1ccc(Cl)cc1)S(=O)(=O)c1ccc(OC)cc1. The van der Waals surface area contributed by atoms with E-state index in [0.717, 1.165) is 19.9 Å². The van der Waals surface area contributed by atoms with Crippen LogP contribution in [0.1, 0.15) is 11.1 Å². The molecule has 224 valence electrons. The molecule has 4 aromatic carbocycles. The van der Waals surface area contributed by atoms with E-state index < -0.39 is 28.5 Å². The van der Waals surface area contributed by atoms with E-state index in [9.17, 15) is 18.0 Å². The van der Waals surface area contributed by atoms with E-state index in [1.54, 1.807) is 12.1 Å². The minimum absolute atomic E-state index is 0.0253. The summed E-state index contributed by atoms with van der Waals surface area (Å²) in [6.45, 7) is -0.483. The number of likely N-dealkylation sites (N-methyl/N-ethyl adjacent to an activating group) is 1. The summed E-state index contributed by atoms with van der Waals surface area (Å²) in [6, 6.07) is 27.9. The highest BCUT2D eigenvalue weighted by Gasteiger charge is 2.34. The number of hydrogen-bond donors (Lipinski definition) is 1. The minimum atomic E-state index is -4.23. The molecule has 43 heavy (non-hydrogen) atoms. The van der Waals surface area contributed by atoms with E-state index in [0.29, 0.717) is 10.8 Å². The number of hydrogen-bond acceptors (Lipinski definition) is 5. The lowest BCUT2D eigenvalue weighted by Gasteiger charge is -2.33. The van der Waals surface area contributed by atoms with Gasteiger partial charge in [0.25, 0.3) is 10.0 Å². The third kappa shape index (κ3) is 8.16. The first kappa shape index (κ1) is 32.1. The van der Waals surface area contributed by atoms with Gasteiger partial charge in [-0.3, -0.25) is 13.9 Å². The quantitative estimate of drug-likeness (QED) is 0.207. The summed E-state index contributed by atoms with van der Waals surface area (Å²) in [6.07, 6.45) is 0.231. The van der Waals surface area contributed by atoms with E-state index in [4.69, 9.17) is 16.3 Å². The average molecular weight is 685 g/mol. The molecule has 0 aromatic heterocycles. The summed E-state index contributed by atoms with van der Waals surface area (Å²) in [5.74, 6) is -0.437. The van der Waals surface area contributed by atoms with Gasteiger partial charge in [-0.2, -0.15) is 0 Å². The first-order valence-electron chi connectivity index (χ1n) is 13.3. The van der Waals surface area contributed by atoms with Crippen molar-refractivity contribution in [3.8, 4) is 5.75 Å². The van der Waals surface area contributed by atoms with Gasteiger partial charge in [0.2, 0.25) is 11.8 Å². The Morgan fingerprint density at radius 3 is 2.09 bits per heavy atom. The van der Waals surface area contributed by atoms with Crippen LogP contribution >= 0.6 is 27.5 Å². The maximum Gasteiger partial charge on any atom is 0.264 e. The number of ether oxygens (including phenoxy) is 1. The Labute approximate surface area is 265 Å². The zero-order chi connectivity index (χ0) is 31.0. The molecule has 0 radical (unpaired) electrons. The molecule has 0 saturated carbocycles. The third-order valence-corrected chi connectivity index (χ3v) is 9.39. The van der Waals surface area contributed by atoms with Gasteiger partial charge in [-0.1, -0.05) is 70.0 Å². The number of amides is 2. The lowest BCUT2D eigenvalue weighted by Crippen LogP contribution is -2.53. The lowest BCUT2D eigenvalue weighted by atomic mass is 10.0. The highest BCUT2D eigenvalue weighted by Crippen LogP contribution is 2.27. The Morgan fingerprint density at radius 1 is 0.884 bits per heavy atom. The van der Waals surface area contributed by atoms with Crippen LogP contribution in [0.2, 0.25) is 5.02 Å². The number of sulfonamides is 1. The summed E-state index contributed by atoms with van der Waals surface area (Å²) in [4.78, 5) is 29.0. The summed E-state index contributed by atoms with van der Waals surface area (Å²) in [5.41, 5.74) is 1.87. The smallest absolute Gasteiger partial charge is 0.264 e. The Bertz CT molecular complexity index is 1640. The first-order chi connectivity index (χ1) is 20.6. The van der Waals surface area contributed by atoms with E-state index in [1.807, 2.05) is 54.6 Å². The molecule has 0 spiro atoms. The Balaban J connectivity index is 1.77. The molecule has 0 bridgehead atoms. The highest BCUT2D eigenvalue weighted by atomic mass is 79.9. The maximum atomic E-state index is 14.3. The van der Waals surface area contributed by atoms with Gasteiger partial charge in [0, 0.05) is 29.5 Å². The van der Waals surface area contributed by atoms with E-state index in [-0.39, 0.29) is 29.5 Å². The van der Waals surface area contributed by atoms with Crippen molar-refractivity contribution in [2.24, 2.45) is 0 Å². The van der Waals surface area contributed by atoms with Gasteiger partial charge in [-0.25, -0.2) is 8.42 Å². The van der Waals surface area contributed by atoms with Crippen molar-refractivity contribution >= 4 is 55.1 Å². The van der Waals surface area contributed by atoms with Gasteiger partial charge in [0.15, 0.2) is 0 Å². The van der Waals surface area contributed by atoms with E-state index in [2.05, 4.69) is 21.2 Å². The van der Waals surface area contributed by atoms with Crippen LogP contribution in [-0.2, 0) is 32.6 Å². The molecule has 1 atom stereocenters. The number of benzene rings is 4. The van der Waals surface area contributed by atoms with Crippen molar-refractivity contribution in [2.75, 3.05) is 25.0 Å². The van der Waals surface area contributed by atoms with Crippen molar-refractivity contribution in [3.05, 3.63) is 124 Å². The van der Waals surface area contributed by atoms with Crippen molar-refractivity contribution < 1.29 is 22.7 Å². The number of methoxy groups -OCH3 is 1. The lowest BCUT2D eigenvalue weighted by molar-refractivity contribution is -0.139. The average Bonchev–Trinajstić information content (AvgIpc) is 3.03. The highest BCUT2D eigenvalue weighted by molar-refractivity contribution is 9.10. The second kappa shape index (κ2) is 14.5. The predicted octanol–water partition coefficient (Wildman–Crippen LogP) is 5.69. The fraction of sp³-hybridized carbons (Fsp3) is 0.188. The van der Waals surface area contributed by atoms with Crippen LogP contribution in [0.25, 0.3) is 0 Å². The second-order valence-electron chi connectivity index (χ2n) is 9.63. The maximum absolute atomic E-state index is 14.3. The van der Waals surface area contributed by atoms with Crippen LogP contribution in [0.5, 0.6) is 5.75 Å². The fourth-order valence-electron chi connectivity index (χ4n) is 4.52. The molecule has 0 aliphatic heterocycles. The summed E-state index contributed by atoms with van der Waals surface area (Å²) < 4.78 is 35.1. The van der Waals surface area contributed by atoms with Gasteiger partial charge in [0.1, 0.15) is 18.3 Å². The largest absolute Gasteiger partial charge is 0.497 e. The number of nitrogens with zero attached hydrogens (tertiary/aromatic N) is 2. The molecule has 0 fully saturated rings. The van der Waals surface area contributed by atoms with Crippen LogP contribution in [0, 0.1) is 0 Å². The monoisotopic (exact) mass is 683 g/mol. The molecule has 2 amide bonds. The minimum Gasteiger partial charge on any atom is -0.497 e. The number of carbonyl (C=O) groups is 2. The van der Waals surface area contributed by atoms with Crippen LogP contribution in [-0.4, -0.2) is 51.9 Å². The molecular formula is C32H31BrClN3O5S. The fourth-order valence-corrected chi connectivity index (χ4v) is 6.32. The number of nitrogens with one attached hydrogen (secondary N) is 1. The van der Waals surface area contributed by atoms with Crippen molar-refractivity contribution in [1.29, 1.82) is 0 Å². The molecule has 0 heterocycles. The van der Waals surface area contributed by atoms with Crippen LogP contribution in [0.3, 0.4) is 0 Å². The molecule has 1 unspecified atom stereocenters. The van der Waals surface area contributed by atoms with E-state index >= 15 is 0 Å². The van der Waals surface area contributed by atoms with Gasteiger partial charge in [0.05, 0.1) is 17.7 Å². The molecule has 0 aliphatic rings. The van der Waals surface area contributed by atoms with Gasteiger partial charge in [-0.05, 0) is 71.8 Å². The molecular weight excluding hydrogens is 654 g/mol. The molecule has 4 aromatic rings. The Hall–Kier alpha value is -3.86. The number of rotatable bonds is 12. The van der Waals surface area contributed by atoms with Crippen molar-refractivity contribution in [2.45, 2.75) is 23.9 Å². The second-order valence-corrected chi connectivity index (χ2v) is 12.8. The number of carbonyl (C=O) groups excluding carboxylic acids is 2. The molecule has 4 rings (SSSR count). The molecule has 0 saturated heterocycles. The third-order valence-electron chi connectivity index (χ3n) is 6.82. The molecule has 0 aliphatic carbocycles. The molecule has 1 N–H and O–H groups in total. The van der Waals surface area contributed by atoms with Crippen LogP contribution in [0.15, 0.2) is 112 Å². The van der Waals surface area contributed by atoms with Crippen LogP contribution < -0.4 is 14.4 Å². The van der Waals surface area contributed by atoms with E-state index in [1.165, 1.54) is 55.5 Å². The summed E-state index contributed by atoms with van der Waals surface area (Å²) >= 11 is 9.53. The number of halogens is 2. The van der Waals surface area contributed by atoms with Crippen LogP contribution in [0.4, 0.5) is 5.69 Å². The number of anilines is 1. The van der Waals surface area contributed by atoms with Crippen molar-refractivity contribution in [3.63, 3.8) is 0 Å². The molecule has 8 nitrogen and oxygen atoms in total. The topological polar surface area (TPSA) is 96.0 Å². The predicted molar refractivity (Wildman–Crippen MR) is 172 cm³/mol. The Kier molecular flexibility index (Phi) is 10.8. The first-order valence-corrected chi connectivity index (χ1v) is 15.9. The van der Waals surface area contributed by atoms with Gasteiger partial charge < -0.3 is 15.0 Å². The normalized spacial score (nSPS) is 11.8. The summed E-state index contributed by atoms with van der Waals surface area (Å²) in [7, 11) is -1.23. The zero-order valence-electron chi connectivity index (χ0n) is 23.6. The summed E-state index contributed by atoms with van der Waals surface area (Å²) in [5, 5.41) is 3.09. The van der Waals surface area contributed by atoms with Gasteiger partial charge >= 0.3 is 0 Å². The zero-order valence-corrected chi connectivity index (χ0v) is 26.8. The van der Waals surface area contributed by atoms with Gasteiger partial charge in [-0.15, -0.1) is 0 Å². The Morgan fingerprint density at radius 2 is 1.51 bits per heavy atom. The standard InChI is InChI=1S/C32H31BrClN3O5S/c1-35-32(39)30(20-23-6-4-3-5-7-23)36(21-24-8-10-25(33)11-9-24)31(38)22-37(27-14-12-26(34)13-15-27)43(40,41)29-18-16-28(42-2)17-19-29/h3-19,30H,20-22H2,1-2H3,(H,35,39).